The zero-order valence-corrected chi connectivity index (χ0v) is 16.5. The number of primary amides is 1. The zero-order valence-electron chi connectivity index (χ0n) is 16.5. The average Bonchev–Trinajstić information content (AvgIpc) is 2.76. The highest BCUT2D eigenvalue weighted by Gasteiger charge is 2.20. The molecular formula is C21H24N8O. The molecule has 9 heteroatoms. The van der Waals surface area contributed by atoms with Crippen LogP contribution in [0.15, 0.2) is 48.9 Å². The molecule has 30 heavy (non-hydrogen) atoms. The molecule has 3 aromatic rings. The molecular weight excluding hydrogens is 380 g/mol. The van der Waals surface area contributed by atoms with Crippen molar-refractivity contribution in [3.05, 3.63) is 54.6 Å². The van der Waals surface area contributed by atoms with Crippen LogP contribution in [0, 0.1) is 0 Å². The Morgan fingerprint density at radius 3 is 2.53 bits per heavy atom. The minimum Gasteiger partial charge on any atom is -0.366 e. The van der Waals surface area contributed by atoms with Crippen molar-refractivity contribution >= 4 is 23.2 Å². The number of hydrogen-bond donors (Lipinski definition) is 4. The van der Waals surface area contributed by atoms with Gasteiger partial charge in [0.05, 0.1) is 6.20 Å². The molecule has 1 fully saturated rings. The predicted octanol–water partition coefficient (Wildman–Crippen LogP) is 2.46. The average molecular weight is 404 g/mol. The minimum atomic E-state index is -0.650. The highest BCUT2D eigenvalue weighted by molar-refractivity contribution is 5.96. The molecule has 0 spiro atoms. The van der Waals surface area contributed by atoms with Crippen LogP contribution in [0.5, 0.6) is 0 Å². The first kappa shape index (κ1) is 19.7. The molecule has 1 saturated carbocycles. The molecule has 0 radical (unpaired) electrons. The number of nitrogens with one attached hydrogen (secondary N) is 2. The highest BCUT2D eigenvalue weighted by Crippen LogP contribution is 2.25. The van der Waals surface area contributed by atoms with Gasteiger partial charge in [0.25, 0.3) is 5.91 Å². The normalized spacial score (nSPS) is 18.6. The number of hydrogen-bond acceptors (Lipinski definition) is 8. The lowest BCUT2D eigenvalue weighted by atomic mass is 9.92. The van der Waals surface area contributed by atoms with Crippen molar-refractivity contribution in [2.75, 3.05) is 10.6 Å². The molecule has 0 aliphatic heterocycles. The molecule has 1 amide bonds. The van der Waals surface area contributed by atoms with Gasteiger partial charge in [-0.05, 0) is 43.9 Å². The van der Waals surface area contributed by atoms with Crippen molar-refractivity contribution in [3.63, 3.8) is 0 Å². The van der Waals surface area contributed by atoms with Crippen LogP contribution in [0.3, 0.4) is 0 Å². The third kappa shape index (κ3) is 4.69. The van der Waals surface area contributed by atoms with Gasteiger partial charge in [0.1, 0.15) is 5.82 Å². The fourth-order valence-corrected chi connectivity index (χ4v) is 3.52. The molecule has 4 rings (SSSR count). The molecule has 2 heterocycles. The molecule has 2 aromatic heterocycles. The second-order valence-corrected chi connectivity index (χ2v) is 7.35. The monoisotopic (exact) mass is 404 g/mol. The van der Waals surface area contributed by atoms with E-state index in [1.165, 1.54) is 6.20 Å². The van der Waals surface area contributed by atoms with Crippen molar-refractivity contribution in [2.45, 2.75) is 37.8 Å². The summed E-state index contributed by atoms with van der Waals surface area (Å²) in [6.45, 7) is 0. The highest BCUT2D eigenvalue weighted by atomic mass is 16.1. The Morgan fingerprint density at radius 1 is 1.03 bits per heavy atom. The van der Waals surface area contributed by atoms with E-state index in [2.05, 4.69) is 30.6 Å². The van der Waals surface area contributed by atoms with E-state index in [4.69, 9.17) is 11.5 Å². The lowest BCUT2D eigenvalue weighted by Crippen LogP contribution is -2.33. The Labute approximate surface area is 174 Å². The Balaban J connectivity index is 1.57. The Bertz CT molecular complexity index is 1020. The summed E-state index contributed by atoms with van der Waals surface area (Å²) in [6.07, 6.45) is 8.81. The molecule has 154 valence electrons. The fraction of sp³-hybridized carbons (Fsp3) is 0.286. The Kier molecular flexibility index (Phi) is 5.80. The summed E-state index contributed by atoms with van der Waals surface area (Å²) in [5.74, 6) is 0.840. The van der Waals surface area contributed by atoms with Crippen LogP contribution in [0.1, 0.15) is 36.2 Å². The number of rotatable bonds is 6. The summed E-state index contributed by atoms with van der Waals surface area (Å²) in [5.41, 5.74) is 13.1. The standard InChI is InChI=1S/C21H24N8O/c22-14-5-7-15(8-6-14)27-17-12-26-18(19(23)30)21(29-17)28-16-4-1-3-13(11-16)20-24-9-2-10-25-20/h1-4,9-12,14-15H,5-8,22H2,(H2,23,30)(H2,27,28,29)/t14-,15-. The van der Waals surface area contributed by atoms with Gasteiger partial charge in [-0.15, -0.1) is 0 Å². The van der Waals surface area contributed by atoms with Crippen LogP contribution in [0.4, 0.5) is 17.3 Å². The molecule has 0 atom stereocenters. The Morgan fingerprint density at radius 2 is 1.80 bits per heavy atom. The minimum absolute atomic E-state index is 0.0765. The number of carbonyl (C=O) groups is 1. The maximum atomic E-state index is 11.9. The number of carbonyl (C=O) groups excluding carboxylic acids is 1. The first-order chi connectivity index (χ1) is 14.6. The van der Waals surface area contributed by atoms with Gasteiger partial charge < -0.3 is 22.1 Å². The third-order valence-electron chi connectivity index (χ3n) is 5.08. The van der Waals surface area contributed by atoms with Gasteiger partial charge in [0, 0.05) is 35.7 Å². The Hall–Kier alpha value is -3.59. The van der Waals surface area contributed by atoms with Crippen LogP contribution >= 0.6 is 0 Å². The second kappa shape index (κ2) is 8.83. The molecule has 1 aliphatic rings. The van der Waals surface area contributed by atoms with E-state index in [-0.39, 0.29) is 17.8 Å². The molecule has 1 aromatic carbocycles. The van der Waals surface area contributed by atoms with E-state index in [1.807, 2.05) is 24.3 Å². The van der Waals surface area contributed by atoms with Crippen LogP contribution in [0.2, 0.25) is 0 Å². The fourth-order valence-electron chi connectivity index (χ4n) is 3.52. The first-order valence-corrected chi connectivity index (χ1v) is 9.92. The second-order valence-electron chi connectivity index (χ2n) is 7.35. The SMILES string of the molecule is NC(=O)c1ncc(N[C@H]2CC[C@H](N)CC2)nc1Nc1cccc(-c2ncccn2)c1. The van der Waals surface area contributed by atoms with Gasteiger partial charge in [-0.2, -0.15) is 0 Å². The van der Waals surface area contributed by atoms with Crippen LogP contribution in [0.25, 0.3) is 11.4 Å². The number of amides is 1. The van der Waals surface area contributed by atoms with Gasteiger partial charge in [0.15, 0.2) is 17.3 Å². The number of nitrogens with two attached hydrogens (primary N) is 2. The van der Waals surface area contributed by atoms with E-state index >= 15 is 0 Å². The van der Waals surface area contributed by atoms with Crippen molar-refractivity contribution < 1.29 is 4.79 Å². The van der Waals surface area contributed by atoms with Crippen molar-refractivity contribution in [2.24, 2.45) is 11.5 Å². The molecule has 0 bridgehead atoms. The van der Waals surface area contributed by atoms with Crippen molar-refractivity contribution in [1.82, 2.24) is 19.9 Å². The maximum Gasteiger partial charge on any atom is 0.271 e. The topological polar surface area (TPSA) is 145 Å². The van der Waals surface area contributed by atoms with Gasteiger partial charge in [-0.3, -0.25) is 4.79 Å². The van der Waals surface area contributed by atoms with E-state index in [0.717, 1.165) is 36.9 Å². The van der Waals surface area contributed by atoms with E-state index in [1.54, 1.807) is 18.5 Å². The molecule has 0 unspecified atom stereocenters. The van der Waals surface area contributed by atoms with Gasteiger partial charge in [-0.1, -0.05) is 12.1 Å². The predicted molar refractivity (Wildman–Crippen MR) is 115 cm³/mol. The summed E-state index contributed by atoms with van der Waals surface area (Å²) in [7, 11) is 0. The van der Waals surface area contributed by atoms with Gasteiger partial charge in [-0.25, -0.2) is 19.9 Å². The summed E-state index contributed by atoms with van der Waals surface area (Å²) in [4.78, 5) is 29.2. The lowest BCUT2D eigenvalue weighted by molar-refractivity contribution is 0.0996. The van der Waals surface area contributed by atoms with E-state index < -0.39 is 5.91 Å². The van der Waals surface area contributed by atoms with Crippen molar-refractivity contribution in [1.29, 1.82) is 0 Å². The summed E-state index contributed by atoms with van der Waals surface area (Å²) >= 11 is 0. The largest absolute Gasteiger partial charge is 0.366 e. The molecule has 0 saturated heterocycles. The number of anilines is 3. The number of aromatic nitrogens is 4. The van der Waals surface area contributed by atoms with Crippen LogP contribution in [-0.4, -0.2) is 37.9 Å². The van der Waals surface area contributed by atoms with E-state index in [0.29, 0.717) is 17.5 Å². The lowest BCUT2D eigenvalue weighted by Gasteiger charge is -2.27. The quantitative estimate of drug-likeness (QED) is 0.490. The number of benzene rings is 1. The van der Waals surface area contributed by atoms with Crippen molar-refractivity contribution in [3.8, 4) is 11.4 Å². The van der Waals surface area contributed by atoms with Gasteiger partial charge in [0.2, 0.25) is 0 Å². The number of nitrogens with zero attached hydrogens (tertiary/aromatic N) is 4. The first-order valence-electron chi connectivity index (χ1n) is 9.92. The van der Waals surface area contributed by atoms with Crippen LogP contribution < -0.4 is 22.1 Å². The molecule has 6 N–H and O–H groups in total. The third-order valence-corrected chi connectivity index (χ3v) is 5.08. The molecule has 9 nitrogen and oxygen atoms in total. The van der Waals surface area contributed by atoms with Crippen LogP contribution in [-0.2, 0) is 0 Å². The molecule has 1 aliphatic carbocycles. The summed E-state index contributed by atoms with van der Waals surface area (Å²) in [5, 5.41) is 6.55. The smallest absolute Gasteiger partial charge is 0.271 e. The maximum absolute atomic E-state index is 11.9. The summed E-state index contributed by atoms with van der Waals surface area (Å²) in [6, 6.07) is 9.84. The van der Waals surface area contributed by atoms with E-state index in [9.17, 15) is 4.79 Å². The summed E-state index contributed by atoms with van der Waals surface area (Å²) < 4.78 is 0. The zero-order chi connectivity index (χ0) is 20.9. The van der Waals surface area contributed by atoms with Gasteiger partial charge >= 0.3 is 0 Å².